The lowest BCUT2D eigenvalue weighted by Gasteiger charge is -2.29. The Labute approximate surface area is 245 Å². The first-order valence-electron chi connectivity index (χ1n) is 13.4. The summed E-state index contributed by atoms with van der Waals surface area (Å²) in [5.74, 6) is -0.294. The molecular weight excluding hydrogens is 565 g/mol. The Kier molecular flexibility index (Phi) is 12.1. The summed E-state index contributed by atoms with van der Waals surface area (Å²) in [6, 6.07) is 16.8. The van der Waals surface area contributed by atoms with Gasteiger partial charge in [0.2, 0.25) is 5.91 Å². The van der Waals surface area contributed by atoms with Gasteiger partial charge in [0.25, 0.3) is 15.9 Å². The van der Waals surface area contributed by atoms with Crippen molar-refractivity contribution in [2.75, 3.05) is 38.2 Å². The van der Waals surface area contributed by atoms with Crippen molar-refractivity contribution in [2.24, 2.45) is 0 Å². The van der Waals surface area contributed by atoms with E-state index in [1.807, 2.05) is 19.1 Å². The van der Waals surface area contributed by atoms with Crippen LogP contribution in [0.5, 0.6) is 11.5 Å². The zero-order chi connectivity index (χ0) is 30.5. The summed E-state index contributed by atoms with van der Waals surface area (Å²) in [6.45, 7) is 4.86. The molecule has 42 heavy (non-hydrogen) atoms. The first-order valence-corrected chi connectivity index (χ1v) is 14.9. The summed E-state index contributed by atoms with van der Waals surface area (Å²) >= 11 is 0. The second-order valence-corrected chi connectivity index (χ2v) is 10.9. The van der Waals surface area contributed by atoms with E-state index in [9.17, 15) is 22.4 Å². The predicted molar refractivity (Wildman–Crippen MR) is 156 cm³/mol. The van der Waals surface area contributed by atoms with Gasteiger partial charge < -0.3 is 24.4 Å². The molecule has 10 nitrogen and oxygen atoms in total. The maximum absolute atomic E-state index is 13.3. The van der Waals surface area contributed by atoms with Crippen molar-refractivity contribution >= 4 is 27.5 Å². The van der Waals surface area contributed by atoms with E-state index in [-0.39, 0.29) is 35.4 Å². The summed E-state index contributed by atoms with van der Waals surface area (Å²) in [5.41, 5.74) is 1.01. The highest BCUT2D eigenvalue weighted by Gasteiger charge is 2.26. The maximum atomic E-state index is 13.3. The normalized spacial score (nSPS) is 11.8. The minimum Gasteiger partial charge on any atom is -0.497 e. The molecule has 1 unspecified atom stereocenters. The van der Waals surface area contributed by atoms with E-state index in [1.165, 1.54) is 41.3 Å². The van der Waals surface area contributed by atoms with Crippen LogP contribution < -0.4 is 19.5 Å². The molecule has 0 aliphatic rings. The molecule has 2 N–H and O–H groups in total. The largest absolute Gasteiger partial charge is 0.497 e. The molecule has 3 aromatic carbocycles. The van der Waals surface area contributed by atoms with Crippen LogP contribution in [0.4, 0.5) is 10.1 Å². The third kappa shape index (κ3) is 9.74. The van der Waals surface area contributed by atoms with Crippen molar-refractivity contribution in [3.63, 3.8) is 0 Å². The Morgan fingerprint density at radius 2 is 1.60 bits per heavy atom. The lowest BCUT2D eigenvalue weighted by atomic mass is 10.1. The van der Waals surface area contributed by atoms with Gasteiger partial charge in [0.05, 0.1) is 12.0 Å². The molecule has 0 radical (unpaired) electrons. The molecule has 2 amide bonds. The van der Waals surface area contributed by atoms with Crippen molar-refractivity contribution in [1.82, 2.24) is 10.2 Å². The van der Waals surface area contributed by atoms with E-state index < -0.39 is 27.8 Å². The summed E-state index contributed by atoms with van der Waals surface area (Å²) in [7, 11) is -2.37. The molecule has 0 heterocycles. The van der Waals surface area contributed by atoms with Crippen LogP contribution in [0.3, 0.4) is 0 Å². The number of halogens is 1. The fraction of sp³-hybridized carbons (Fsp3) is 0.333. The average Bonchev–Trinajstić information content (AvgIpc) is 2.99. The molecule has 0 saturated carbocycles. The van der Waals surface area contributed by atoms with Crippen molar-refractivity contribution in [2.45, 2.75) is 37.8 Å². The maximum Gasteiger partial charge on any atom is 0.261 e. The number of anilines is 1. The fourth-order valence-electron chi connectivity index (χ4n) is 3.86. The van der Waals surface area contributed by atoms with Crippen LogP contribution in [0.25, 0.3) is 0 Å². The monoisotopic (exact) mass is 601 g/mol. The standard InChI is InChI=1S/C30H36FN3O7S/c1-4-40-19-5-18-32-30(36)22(2)34(20-23-6-12-26(39-3)13-7-23)29(35)21-41-27-14-16-28(17-15-27)42(37,38)33-25-10-8-24(31)9-11-25/h6-17,22,33H,4-5,18-21H2,1-3H3,(H,32,36). The molecule has 0 aliphatic carbocycles. The molecule has 0 spiro atoms. The van der Waals surface area contributed by atoms with Gasteiger partial charge in [-0.3, -0.25) is 14.3 Å². The SMILES string of the molecule is CCOCCCNC(=O)C(C)N(Cc1ccc(OC)cc1)C(=O)COc1ccc(S(=O)(=O)Nc2ccc(F)cc2)cc1. The van der Waals surface area contributed by atoms with E-state index in [2.05, 4.69) is 10.0 Å². The quantitative estimate of drug-likeness (QED) is 0.238. The van der Waals surface area contributed by atoms with Crippen LogP contribution in [0.15, 0.2) is 77.7 Å². The summed E-state index contributed by atoms with van der Waals surface area (Å²) < 4.78 is 57.0. The van der Waals surface area contributed by atoms with E-state index in [0.717, 1.165) is 17.7 Å². The zero-order valence-corrected chi connectivity index (χ0v) is 24.7. The Hall–Kier alpha value is -4.16. The highest BCUT2D eigenvalue weighted by molar-refractivity contribution is 7.92. The fourth-order valence-corrected chi connectivity index (χ4v) is 4.92. The highest BCUT2D eigenvalue weighted by Crippen LogP contribution is 2.20. The lowest BCUT2D eigenvalue weighted by molar-refractivity contribution is -0.142. The third-order valence-corrected chi connectivity index (χ3v) is 7.64. The molecule has 0 saturated heterocycles. The second-order valence-electron chi connectivity index (χ2n) is 9.26. The first kappa shape index (κ1) is 32.4. The van der Waals surface area contributed by atoms with Gasteiger partial charge in [0, 0.05) is 32.0 Å². The molecule has 1 atom stereocenters. The first-order chi connectivity index (χ1) is 20.1. The molecule has 0 bridgehead atoms. The van der Waals surface area contributed by atoms with Crippen LogP contribution in [0.2, 0.25) is 0 Å². The van der Waals surface area contributed by atoms with E-state index >= 15 is 0 Å². The van der Waals surface area contributed by atoms with Gasteiger partial charge in [-0.15, -0.1) is 0 Å². The number of benzene rings is 3. The Morgan fingerprint density at radius 1 is 0.952 bits per heavy atom. The number of methoxy groups -OCH3 is 1. The number of rotatable bonds is 16. The van der Waals surface area contributed by atoms with Crippen LogP contribution in [-0.2, 0) is 30.9 Å². The third-order valence-electron chi connectivity index (χ3n) is 6.24. The van der Waals surface area contributed by atoms with Crippen molar-refractivity contribution in [1.29, 1.82) is 0 Å². The molecule has 0 aromatic heterocycles. The van der Waals surface area contributed by atoms with Crippen LogP contribution in [0.1, 0.15) is 25.8 Å². The number of carbonyl (C=O) groups excluding carboxylic acids is 2. The number of nitrogens with one attached hydrogen (secondary N) is 2. The van der Waals surface area contributed by atoms with Gasteiger partial charge in [-0.2, -0.15) is 0 Å². The lowest BCUT2D eigenvalue weighted by Crippen LogP contribution is -2.49. The molecule has 3 aromatic rings. The van der Waals surface area contributed by atoms with Gasteiger partial charge >= 0.3 is 0 Å². The van der Waals surface area contributed by atoms with Gasteiger partial charge in [0.15, 0.2) is 6.61 Å². The van der Waals surface area contributed by atoms with E-state index in [4.69, 9.17) is 14.2 Å². The average molecular weight is 602 g/mol. The highest BCUT2D eigenvalue weighted by atomic mass is 32.2. The molecule has 12 heteroatoms. The van der Waals surface area contributed by atoms with Gasteiger partial charge in [-0.05, 0) is 86.5 Å². The topological polar surface area (TPSA) is 123 Å². The van der Waals surface area contributed by atoms with Crippen LogP contribution >= 0.6 is 0 Å². The van der Waals surface area contributed by atoms with Crippen LogP contribution in [0, 0.1) is 5.82 Å². The van der Waals surface area contributed by atoms with Crippen molar-refractivity contribution < 1.29 is 36.6 Å². The second kappa shape index (κ2) is 15.7. The Bertz CT molecular complexity index is 1400. The number of carbonyl (C=O) groups is 2. The minimum absolute atomic E-state index is 0.0405. The number of hydrogen-bond acceptors (Lipinski definition) is 7. The summed E-state index contributed by atoms with van der Waals surface area (Å²) in [5, 5.41) is 2.84. The van der Waals surface area contributed by atoms with Gasteiger partial charge in [0.1, 0.15) is 23.4 Å². The van der Waals surface area contributed by atoms with Crippen LogP contribution in [-0.4, -0.2) is 64.6 Å². The molecule has 226 valence electrons. The zero-order valence-electron chi connectivity index (χ0n) is 23.8. The molecule has 0 fully saturated rings. The minimum atomic E-state index is -3.93. The number of ether oxygens (including phenoxy) is 3. The Morgan fingerprint density at radius 3 is 2.21 bits per heavy atom. The predicted octanol–water partition coefficient (Wildman–Crippen LogP) is 3.97. The Balaban J connectivity index is 1.65. The van der Waals surface area contributed by atoms with Gasteiger partial charge in [-0.25, -0.2) is 12.8 Å². The van der Waals surface area contributed by atoms with Gasteiger partial charge in [-0.1, -0.05) is 12.1 Å². The number of hydrogen-bond donors (Lipinski definition) is 2. The van der Waals surface area contributed by atoms with E-state index in [1.54, 1.807) is 26.2 Å². The number of amides is 2. The summed E-state index contributed by atoms with van der Waals surface area (Å²) in [4.78, 5) is 27.6. The van der Waals surface area contributed by atoms with Crippen molar-refractivity contribution in [3.05, 3.63) is 84.2 Å². The van der Waals surface area contributed by atoms with Crippen molar-refractivity contribution in [3.8, 4) is 11.5 Å². The molecular formula is C30H36FN3O7S. The molecule has 3 rings (SSSR count). The number of nitrogens with zero attached hydrogens (tertiary/aromatic N) is 1. The molecule has 0 aliphatic heterocycles. The summed E-state index contributed by atoms with van der Waals surface area (Å²) in [6.07, 6.45) is 0.646. The van der Waals surface area contributed by atoms with E-state index in [0.29, 0.717) is 31.9 Å². The smallest absolute Gasteiger partial charge is 0.261 e. The number of sulfonamides is 1.